The normalized spacial score (nSPS) is 12.9. The first-order chi connectivity index (χ1) is 13.7. The number of hydrogen-bond donors (Lipinski definition) is 1. The van der Waals surface area contributed by atoms with Gasteiger partial charge in [-0.05, 0) is 36.8 Å². The van der Waals surface area contributed by atoms with Gasteiger partial charge in [0.1, 0.15) is 7.11 Å². The average Bonchev–Trinajstić information content (AvgIpc) is 2.72. The van der Waals surface area contributed by atoms with E-state index in [2.05, 4.69) is 5.16 Å². The van der Waals surface area contributed by atoms with Gasteiger partial charge in [0.2, 0.25) is 5.05 Å². The summed E-state index contributed by atoms with van der Waals surface area (Å²) in [5.74, 6) is 5.66. The Hall–Kier alpha value is -2.91. The van der Waals surface area contributed by atoms with Crippen LogP contribution in [0.2, 0.25) is 0 Å². The first kappa shape index (κ1) is 22.4. The number of ether oxygens (including phenoxy) is 1. The van der Waals surface area contributed by atoms with Crippen molar-refractivity contribution in [2.45, 2.75) is 13.1 Å². The molecule has 0 unspecified atom stereocenters. The van der Waals surface area contributed by atoms with Crippen LogP contribution in [0.5, 0.6) is 0 Å². The van der Waals surface area contributed by atoms with Crippen molar-refractivity contribution in [1.82, 2.24) is 0 Å². The molecule has 0 spiro atoms. The van der Waals surface area contributed by atoms with Crippen LogP contribution < -0.4 is 5.90 Å². The molecule has 0 radical (unpaired) electrons. The average molecular weight is 424 g/mol. The van der Waals surface area contributed by atoms with Crippen LogP contribution in [-0.4, -0.2) is 25.0 Å². The van der Waals surface area contributed by atoms with Crippen LogP contribution >= 0.6 is 12.2 Å². The van der Waals surface area contributed by atoms with Gasteiger partial charge < -0.3 is 14.4 Å². The summed E-state index contributed by atoms with van der Waals surface area (Å²) >= 11 is 5.18. The number of nitrogens with two attached hydrogens (primary N) is 1. The Labute approximate surface area is 171 Å². The monoisotopic (exact) mass is 424 g/mol. The van der Waals surface area contributed by atoms with Crippen LogP contribution in [0.15, 0.2) is 53.7 Å². The summed E-state index contributed by atoms with van der Waals surface area (Å²) < 4.78 is 44.4. The maximum absolute atomic E-state index is 13.1. The van der Waals surface area contributed by atoms with Crippen LogP contribution in [0, 0.1) is 0 Å². The summed E-state index contributed by atoms with van der Waals surface area (Å²) in [5.41, 5.74) is 1.07. The largest absolute Gasteiger partial charge is 0.485 e. The second-order valence-electron chi connectivity index (χ2n) is 5.81. The highest BCUT2D eigenvalue weighted by Crippen LogP contribution is 2.34. The number of halogens is 3. The van der Waals surface area contributed by atoms with Crippen molar-refractivity contribution >= 4 is 34.3 Å². The molecule has 0 saturated carbocycles. The van der Waals surface area contributed by atoms with Gasteiger partial charge >= 0.3 is 6.18 Å². The zero-order valence-electron chi connectivity index (χ0n) is 15.9. The van der Waals surface area contributed by atoms with E-state index in [-0.39, 0.29) is 16.5 Å². The third kappa shape index (κ3) is 5.12. The molecule has 2 aromatic rings. The fourth-order valence-corrected chi connectivity index (χ4v) is 2.83. The molecular weight excluding hydrogens is 405 g/mol. The van der Waals surface area contributed by atoms with Crippen LogP contribution in [0.3, 0.4) is 0 Å². The standard InChI is InChI=1S/C20H19F3N2O3S/c1-12(13-7-6-8-14(11-13)20(21,22)23)18(28-24)16-10-5-4-9-15(16)17(25-27-3)19(29)26-2/h4-11H,24H2,1-3H3. The maximum atomic E-state index is 13.1. The molecule has 2 N–H and O–H groups in total. The summed E-state index contributed by atoms with van der Waals surface area (Å²) in [7, 11) is 2.74. The van der Waals surface area contributed by atoms with Crippen molar-refractivity contribution in [3.05, 3.63) is 70.8 Å². The van der Waals surface area contributed by atoms with E-state index < -0.39 is 11.7 Å². The summed E-state index contributed by atoms with van der Waals surface area (Å²) in [5, 5.41) is 3.97. The van der Waals surface area contributed by atoms with Crippen LogP contribution in [0.4, 0.5) is 13.2 Å². The Kier molecular flexibility index (Phi) is 7.35. The van der Waals surface area contributed by atoms with E-state index in [4.69, 9.17) is 32.5 Å². The van der Waals surface area contributed by atoms with Crippen molar-refractivity contribution in [1.29, 1.82) is 0 Å². The number of benzene rings is 2. The molecule has 0 aliphatic carbocycles. The van der Waals surface area contributed by atoms with Gasteiger partial charge in [-0.2, -0.15) is 19.1 Å². The first-order valence-electron chi connectivity index (χ1n) is 8.29. The number of hydrogen-bond acceptors (Lipinski definition) is 6. The Morgan fingerprint density at radius 2 is 1.69 bits per heavy atom. The summed E-state index contributed by atoms with van der Waals surface area (Å²) in [6, 6.07) is 11.7. The quantitative estimate of drug-likeness (QED) is 0.237. The Balaban J connectivity index is 2.69. The molecule has 0 aliphatic rings. The van der Waals surface area contributed by atoms with E-state index in [0.29, 0.717) is 22.3 Å². The van der Waals surface area contributed by atoms with Gasteiger partial charge in [0.15, 0.2) is 11.5 Å². The van der Waals surface area contributed by atoms with Crippen LogP contribution in [0.1, 0.15) is 29.2 Å². The van der Waals surface area contributed by atoms with Crippen molar-refractivity contribution in [2.75, 3.05) is 14.2 Å². The van der Waals surface area contributed by atoms with E-state index in [1.54, 1.807) is 31.2 Å². The molecule has 0 saturated heterocycles. The molecule has 0 amide bonds. The molecule has 29 heavy (non-hydrogen) atoms. The minimum Gasteiger partial charge on any atom is -0.485 e. The molecule has 2 rings (SSSR count). The summed E-state index contributed by atoms with van der Waals surface area (Å²) in [6.45, 7) is 1.61. The third-order valence-electron chi connectivity index (χ3n) is 4.07. The van der Waals surface area contributed by atoms with E-state index in [0.717, 1.165) is 12.1 Å². The van der Waals surface area contributed by atoms with Crippen molar-refractivity contribution < 1.29 is 27.6 Å². The number of oxime groups is 1. The lowest BCUT2D eigenvalue weighted by Crippen LogP contribution is -2.18. The van der Waals surface area contributed by atoms with Gasteiger partial charge in [-0.1, -0.05) is 41.6 Å². The predicted molar refractivity (Wildman–Crippen MR) is 109 cm³/mol. The van der Waals surface area contributed by atoms with Gasteiger partial charge in [-0.3, -0.25) is 0 Å². The fraction of sp³-hybridized carbons (Fsp3) is 0.200. The minimum atomic E-state index is -4.47. The van der Waals surface area contributed by atoms with E-state index in [1.807, 2.05) is 0 Å². The van der Waals surface area contributed by atoms with Gasteiger partial charge in [0, 0.05) is 16.7 Å². The molecule has 154 valence electrons. The molecule has 0 aromatic heterocycles. The highest BCUT2D eigenvalue weighted by Gasteiger charge is 2.30. The van der Waals surface area contributed by atoms with E-state index >= 15 is 0 Å². The van der Waals surface area contributed by atoms with Crippen molar-refractivity contribution in [3.8, 4) is 0 Å². The smallest absolute Gasteiger partial charge is 0.416 e. The Morgan fingerprint density at radius 1 is 1.03 bits per heavy atom. The maximum Gasteiger partial charge on any atom is 0.416 e. The van der Waals surface area contributed by atoms with E-state index in [1.165, 1.54) is 26.4 Å². The number of methoxy groups -OCH3 is 1. The summed E-state index contributed by atoms with van der Waals surface area (Å²) in [6.07, 6.45) is -4.47. The van der Waals surface area contributed by atoms with Crippen molar-refractivity contribution in [3.63, 3.8) is 0 Å². The zero-order chi connectivity index (χ0) is 21.6. The van der Waals surface area contributed by atoms with Gasteiger partial charge in [-0.25, -0.2) is 0 Å². The molecule has 5 nitrogen and oxygen atoms in total. The SMILES string of the molecule is CON=C(C(=S)OC)c1ccccc1C(ON)=C(C)c1cccc(C(F)(F)F)c1. The second kappa shape index (κ2) is 9.53. The molecular formula is C20H19F3N2O3S. The Morgan fingerprint density at radius 3 is 2.24 bits per heavy atom. The van der Waals surface area contributed by atoms with E-state index in [9.17, 15) is 13.2 Å². The lowest BCUT2D eigenvalue weighted by Gasteiger charge is -2.16. The van der Waals surface area contributed by atoms with Gasteiger partial charge in [-0.15, -0.1) is 0 Å². The molecule has 0 aliphatic heterocycles. The topological polar surface area (TPSA) is 66.1 Å². The summed E-state index contributed by atoms with van der Waals surface area (Å²) in [4.78, 5) is 9.93. The molecule has 0 atom stereocenters. The molecule has 0 bridgehead atoms. The predicted octanol–water partition coefficient (Wildman–Crippen LogP) is 4.81. The lowest BCUT2D eigenvalue weighted by atomic mass is 9.96. The van der Waals surface area contributed by atoms with Gasteiger partial charge in [0.05, 0.1) is 12.7 Å². The minimum absolute atomic E-state index is 0.0624. The van der Waals surface area contributed by atoms with Gasteiger partial charge in [0.25, 0.3) is 0 Å². The number of alkyl halides is 3. The lowest BCUT2D eigenvalue weighted by molar-refractivity contribution is -0.137. The highest BCUT2D eigenvalue weighted by atomic mass is 32.1. The Bertz CT molecular complexity index is 956. The number of thiocarbonyl (C=S) groups is 1. The second-order valence-corrected chi connectivity index (χ2v) is 6.18. The van der Waals surface area contributed by atoms with Crippen molar-refractivity contribution in [2.24, 2.45) is 11.1 Å². The molecule has 2 aromatic carbocycles. The van der Waals surface area contributed by atoms with Crippen LogP contribution in [-0.2, 0) is 20.6 Å². The molecule has 9 heteroatoms. The van der Waals surface area contributed by atoms with Crippen LogP contribution in [0.25, 0.3) is 11.3 Å². The molecule has 0 heterocycles. The fourth-order valence-electron chi connectivity index (χ4n) is 2.69. The molecule has 0 fully saturated rings. The first-order valence-corrected chi connectivity index (χ1v) is 8.69. The third-order valence-corrected chi connectivity index (χ3v) is 4.43. The number of allylic oxidation sites excluding steroid dienone is 1. The number of nitrogens with zero attached hydrogens (tertiary/aromatic N) is 1. The highest BCUT2D eigenvalue weighted by molar-refractivity contribution is 7.81. The number of rotatable bonds is 6. The zero-order valence-corrected chi connectivity index (χ0v) is 16.7.